The zero-order chi connectivity index (χ0) is 11.7. The lowest BCUT2D eigenvalue weighted by molar-refractivity contribution is 0.184. The molecule has 1 N–H and O–H groups in total. The SMILES string of the molecule is BC(=O)OC/C(C=C)=C/C=C(\C=C)NC. The second kappa shape index (κ2) is 7.68. The zero-order valence-electron chi connectivity index (χ0n) is 9.25. The van der Waals surface area contributed by atoms with E-state index in [2.05, 4.69) is 18.5 Å². The quantitative estimate of drug-likeness (QED) is 0.522. The number of carbonyl (C=O) groups excluding carboxylic acids is 1. The van der Waals surface area contributed by atoms with Gasteiger partial charge in [-0.25, -0.2) is 0 Å². The summed E-state index contributed by atoms with van der Waals surface area (Å²) in [6.45, 7) is 7.51. The van der Waals surface area contributed by atoms with Crippen molar-refractivity contribution in [2.45, 2.75) is 0 Å². The van der Waals surface area contributed by atoms with Crippen LogP contribution in [0.15, 0.2) is 48.7 Å². The third-order valence-corrected chi connectivity index (χ3v) is 1.69. The molecule has 0 radical (unpaired) electrons. The van der Waals surface area contributed by atoms with E-state index < -0.39 is 0 Å². The molecule has 0 bridgehead atoms. The lowest BCUT2D eigenvalue weighted by Crippen LogP contribution is -2.04. The van der Waals surface area contributed by atoms with Crippen LogP contribution in [0.4, 0.5) is 4.79 Å². The molecule has 0 rings (SSSR count). The molecule has 0 aromatic heterocycles. The van der Waals surface area contributed by atoms with Gasteiger partial charge in [0.05, 0.1) is 0 Å². The van der Waals surface area contributed by atoms with E-state index in [0.29, 0.717) is 0 Å². The van der Waals surface area contributed by atoms with Gasteiger partial charge in [-0.15, -0.1) is 0 Å². The Kier molecular flexibility index (Phi) is 6.80. The fraction of sp³-hybridized carbons (Fsp3) is 0.182. The van der Waals surface area contributed by atoms with Gasteiger partial charge in [0.15, 0.2) is 0 Å². The number of hydrogen-bond donors (Lipinski definition) is 1. The van der Waals surface area contributed by atoms with E-state index in [9.17, 15) is 4.79 Å². The fourth-order valence-corrected chi connectivity index (χ4v) is 0.810. The molecule has 0 aromatic carbocycles. The summed E-state index contributed by atoms with van der Waals surface area (Å²) < 4.78 is 4.84. The van der Waals surface area contributed by atoms with Crippen molar-refractivity contribution in [2.24, 2.45) is 0 Å². The molecule has 0 aromatic rings. The Bertz CT molecular complexity index is 306. The number of nitrogens with one attached hydrogen (secondary N) is 1. The summed E-state index contributed by atoms with van der Waals surface area (Å²) in [5.41, 5.74) is 1.72. The van der Waals surface area contributed by atoms with E-state index >= 15 is 0 Å². The number of carbonyl (C=O) groups is 1. The van der Waals surface area contributed by atoms with Crippen LogP contribution in [0.3, 0.4) is 0 Å². The van der Waals surface area contributed by atoms with E-state index in [0.717, 1.165) is 11.3 Å². The van der Waals surface area contributed by atoms with Crippen molar-refractivity contribution in [3.8, 4) is 0 Å². The molecule has 0 saturated carbocycles. The van der Waals surface area contributed by atoms with Crippen LogP contribution in [-0.4, -0.2) is 27.4 Å². The van der Waals surface area contributed by atoms with Crippen LogP contribution in [0.25, 0.3) is 0 Å². The maximum Gasteiger partial charge on any atom is 0.243 e. The second-order valence-electron chi connectivity index (χ2n) is 2.80. The summed E-state index contributed by atoms with van der Waals surface area (Å²) in [6, 6.07) is 0. The van der Waals surface area contributed by atoms with Gasteiger partial charge in [0.25, 0.3) is 0 Å². The van der Waals surface area contributed by atoms with Crippen molar-refractivity contribution >= 4 is 13.7 Å². The number of hydrogen-bond acceptors (Lipinski definition) is 3. The molecule has 0 heterocycles. The summed E-state index contributed by atoms with van der Waals surface area (Å²) in [6.07, 6.45) is 7.01. The standard InChI is InChI=1S/C11H16BNO2/c1-4-9(8-15-11(12)14)6-7-10(5-2)13-3/h4-7,13H,1-2,8,12H2,3H3/b9-6+,10-7+. The van der Waals surface area contributed by atoms with E-state index in [1.807, 2.05) is 12.2 Å². The first-order valence-electron chi connectivity index (χ1n) is 4.61. The highest BCUT2D eigenvalue weighted by molar-refractivity contribution is 6.55. The summed E-state index contributed by atoms with van der Waals surface area (Å²) in [4.78, 5) is 10.6. The van der Waals surface area contributed by atoms with Gasteiger partial charge in [0, 0.05) is 12.7 Å². The van der Waals surface area contributed by atoms with Crippen LogP contribution in [0.5, 0.6) is 0 Å². The minimum Gasteiger partial charge on any atom is -0.469 e. The summed E-state index contributed by atoms with van der Waals surface area (Å²) in [5.74, 6) is -0.302. The molecule has 0 amide bonds. The Morgan fingerprint density at radius 1 is 1.40 bits per heavy atom. The number of rotatable bonds is 6. The van der Waals surface area contributed by atoms with E-state index in [1.54, 1.807) is 19.2 Å². The van der Waals surface area contributed by atoms with Gasteiger partial charge in [-0.3, -0.25) is 4.79 Å². The molecule has 80 valence electrons. The van der Waals surface area contributed by atoms with Crippen molar-refractivity contribution in [3.05, 3.63) is 48.7 Å². The second-order valence-corrected chi connectivity index (χ2v) is 2.80. The minimum absolute atomic E-state index is 0.240. The average molecular weight is 205 g/mol. The van der Waals surface area contributed by atoms with E-state index in [-0.39, 0.29) is 12.5 Å². The Balaban J connectivity index is 4.45. The smallest absolute Gasteiger partial charge is 0.243 e. The fourth-order valence-electron chi connectivity index (χ4n) is 0.810. The number of allylic oxidation sites excluding steroid dienone is 3. The van der Waals surface area contributed by atoms with Crippen molar-refractivity contribution in [1.82, 2.24) is 5.32 Å². The van der Waals surface area contributed by atoms with E-state index in [4.69, 9.17) is 4.74 Å². The molecule has 0 unspecified atom stereocenters. The normalized spacial score (nSPS) is 11.8. The Morgan fingerprint density at radius 3 is 2.47 bits per heavy atom. The average Bonchev–Trinajstić information content (AvgIpc) is 2.23. The van der Waals surface area contributed by atoms with Crippen LogP contribution >= 0.6 is 0 Å². The van der Waals surface area contributed by atoms with Gasteiger partial charge in [-0.05, 0) is 17.7 Å². The van der Waals surface area contributed by atoms with Crippen molar-refractivity contribution in [1.29, 1.82) is 0 Å². The minimum atomic E-state index is -0.302. The third kappa shape index (κ3) is 6.38. The molecular formula is C11H16BNO2. The maximum absolute atomic E-state index is 10.6. The predicted octanol–water partition coefficient (Wildman–Crippen LogP) is 1.16. The van der Waals surface area contributed by atoms with Gasteiger partial charge >= 0.3 is 0 Å². The van der Waals surface area contributed by atoms with Crippen LogP contribution in [-0.2, 0) is 4.74 Å². The summed E-state index contributed by atoms with van der Waals surface area (Å²) >= 11 is 0. The largest absolute Gasteiger partial charge is 0.469 e. The highest BCUT2D eigenvalue weighted by Crippen LogP contribution is 2.00. The molecule has 15 heavy (non-hydrogen) atoms. The number of likely N-dealkylation sites (N-methyl/N-ethyl adjacent to an activating group) is 1. The molecule has 0 spiro atoms. The first-order valence-corrected chi connectivity index (χ1v) is 4.61. The van der Waals surface area contributed by atoms with Crippen molar-refractivity contribution in [3.63, 3.8) is 0 Å². The molecule has 0 fully saturated rings. The van der Waals surface area contributed by atoms with Crippen molar-refractivity contribution in [2.75, 3.05) is 13.7 Å². The Hall–Kier alpha value is -1.71. The van der Waals surface area contributed by atoms with E-state index in [1.165, 1.54) is 7.85 Å². The summed E-state index contributed by atoms with van der Waals surface area (Å²) in [5, 5.41) is 2.95. The topological polar surface area (TPSA) is 38.3 Å². The van der Waals surface area contributed by atoms with Crippen LogP contribution in [0.2, 0.25) is 0 Å². The first-order chi connectivity index (χ1) is 7.13. The lowest BCUT2D eigenvalue weighted by atomic mass is 10.2. The predicted molar refractivity (Wildman–Crippen MR) is 65.5 cm³/mol. The molecule has 0 aliphatic rings. The molecule has 3 nitrogen and oxygen atoms in total. The lowest BCUT2D eigenvalue weighted by Gasteiger charge is -2.02. The van der Waals surface area contributed by atoms with Crippen LogP contribution < -0.4 is 5.32 Å². The summed E-state index contributed by atoms with van der Waals surface area (Å²) in [7, 11) is 3.18. The highest BCUT2D eigenvalue weighted by atomic mass is 16.5. The highest BCUT2D eigenvalue weighted by Gasteiger charge is 1.94. The maximum atomic E-state index is 10.6. The van der Waals surface area contributed by atoms with Gasteiger partial charge in [0.2, 0.25) is 13.7 Å². The van der Waals surface area contributed by atoms with Gasteiger partial charge in [0.1, 0.15) is 6.61 Å². The van der Waals surface area contributed by atoms with Gasteiger partial charge < -0.3 is 10.1 Å². The Morgan fingerprint density at radius 2 is 2.07 bits per heavy atom. The third-order valence-electron chi connectivity index (χ3n) is 1.69. The molecule has 0 saturated heterocycles. The molecule has 0 aliphatic carbocycles. The van der Waals surface area contributed by atoms with Crippen LogP contribution in [0, 0.1) is 0 Å². The first kappa shape index (κ1) is 13.3. The molecular weight excluding hydrogens is 189 g/mol. The van der Waals surface area contributed by atoms with Crippen LogP contribution in [0.1, 0.15) is 0 Å². The van der Waals surface area contributed by atoms with Gasteiger partial charge in [-0.2, -0.15) is 0 Å². The van der Waals surface area contributed by atoms with Crippen molar-refractivity contribution < 1.29 is 9.53 Å². The number of ether oxygens (including phenoxy) is 1. The molecule has 0 atom stereocenters. The Labute approximate surface area is 91.6 Å². The molecule has 0 aliphatic heterocycles. The molecule has 4 heteroatoms. The monoisotopic (exact) mass is 205 g/mol. The zero-order valence-corrected chi connectivity index (χ0v) is 9.25. The van der Waals surface area contributed by atoms with Gasteiger partial charge in [-0.1, -0.05) is 25.3 Å².